The molecule has 0 saturated heterocycles. The summed E-state index contributed by atoms with van der Waals surface area (Å²) < 4.78 is 10.4. The van der Waals surface area contributed by atoms with E-state index in [-0.39, 0.29) is 12.5 Å². The van der Waals surface area contributed by atoms with E-state index in [4.69, 9.17) is 20.0 Å². The molecule has 0 aliphatic heterocycles. The van der Waals surface area contributed by atoms with Crippen molar-refractivity contribution in [1.29, 1.82) is 10.5 Å². The maximum absolute atomic E-state index is 12.4. The van der Waals surface area contributed by atoms with Gasteiger partial charge in [-0.1, -0.05) is 19.1 Å². The quantitative estimate of drug-likeness (QED) is 0.550. The molecule has 0 fully saturated rings. The monoisotopic (exact) mass is 435 g/mol. The Morgan fingerprint density at radius 1 is 1.09 bits per heavy atom. The second-order valence-corrected chi connectivity index (χ2v) is 6.90. The number of rotatable bonds is 8. The fraction of sp³-hybridized carbons (Fsp3) is 0.304. The van der Waals surface area contributed by atoms with Gasteiger partial charge in [0.1, 0.15) is 17.9 Å². The van der Waals surface area contributed by atoms with Crippen LogP contribution >= 0.6 is 0 Å². The fourth-order valence-corrected chi connectivity index (χ4v) is 2.86. The zero-order valence-corrected chi connectivity index (χ0v) is 18.1. The summed E-state index contributed by atoms with van der Waals surface area (Å²) in [4.78, 5) is 24.4. The van der Waals surface area contributed by atoms with Crippen molar-refractivity contribution in [2.75, 3.05) is 17.7 Å². The van der Waals surface area contributed by atoms with E-state index in [0.717, 1.165) is 5.56 Å². The molecule has 2 aromatic rings. The number of hydrogen-bond acceptors (Lipinski definition) is 6. The van der Waals surface area contributed by atoms with Gasteiger partial charge in [-0.3, -0.25) is 0 Å². The molecule has 0 heterocycles. The van der Waals surface area contributed by atoms with Gasteiger partial charge in [0.15, 0.2) is 0 Å². The highest BCUT2D eigenvalue weighted by Crippen LogP contribution is 2.23. The van der Waals surface area contributed by atoms with E-state index in [1.807, 2.05) is 25.1 Å². The minimum absolute atomic E-state index is 0.137. The van der Waals surface area contributed by atoms with E-state index < -0.39 is 18.2 Å². The van der Waals surface area contributed by atoms with Crippen LogP contribution in [-0.2, 0) is 4.74 Å². The molecular formula is C23H25N5O4. The molecule has 32 heavy (non-hydrogen) atoms. The van der Waals surface area contributed by atoms with Crippen LogP contribution in [0.4, 0.5) is 21.0 Å². The van der Waals surface area contributed by atoms with Crippen LogP contribution in [0, 0.1) is 22.7 Å². The molecule has 0 radical (unpaired) electrons. The van der Waals surface area contributed by atoms with E-state index in [1.54, 1.807) is 43.3 Å². The van der Waals surface area contributed by atoms with E-state index in [1.165, 1.54) is 7.11 Å². The molecule has 9 nitrogen and oxygen atoms in total. The second kappa shape index (κ2) is 11.8. The van der Waals surface area contributed by atoms with E-state index in [0.29, 0.717) is 29.1 Å². The molecule has 3 amide bonds. The third-order valence-corrected chi connectivity index (χ3v) is 4.61. The van der Waals surface area contributed by atoms with Crippen LogP contribution in [0.2, 0.25) is 0 Å². The first-order valence-electron chi connectivity index (χ1n) is 10.00. The van der Waals surface area contributed by atoms with E-state index in [2.05, 4.69) is 16.0 Å². The summed E-state index contributed by atoms with van der Waals surface area (Å²) >= 11 is 0. The molecule has 0 aliphatic rings. The molecule has 0 saturated carbocycles. The number of nitrogens with zero attached hydrogens (tertiary/aromatic N) is 2. The van der Waals surface area contributed by atoms with Crippen molar-refractivity contribution in [2.45, 2.75) is 38.8 Å². The molecule has 0 aliphatic carbocycles. The van der Waals surface area contributed by atoms with Crippen molar-refractivity contribution < 1.29 is 19.1 Å². The number of carbonyl (C=O) groups is 2. The van der Waals surface area contributed by atoms with Crippen molar-refractivity contribution in [1.82, 2.24) is 5.32 Å². The number of alkyl carbamates (subject to hydrolysis) is 1. The highest BCUT2D eigenvalue weighted by molar-refractivity contribution is 6.00. The third-order valence-electron chi connectivity index (χ3n) is 4.61. The Labute approximate surface area is 186 Å². The highest BCUT2D eigenvalue weighted by Gasteiger charge is 2.16. The summed E-state index contributed by atoms with van der Waals surface area (Å²) in [5, 5.41) is 25.9. The lowest BCUT2D eigenvalue weighted by Gasteiger charge is -2.18. The number of methoxy groups -OCH3 is 1. The Morgan fingerprint density at radius 2 is 1.81 bits per heavy atom. The third kappa shape index (κ3) is 6.92. The highest BCUT2D eigenvalue weighted by atomic mass is 16.6. The summed E-state index contributed by atoms with van der Waals surface area (Å²) in [6.07, 6.45) is -0.373. The van der Waals surface area contributed by atoms with Crippen LogP contribution in [0.15, 0.2) is 42.5 Å². The first kappa shape index (κ1) is 24.0. The van der Waals surface area contributed by atoms with Crippen molar-refractivity contribution in [3.8, 4) is 17.9 Å². The molecule has 0 bridgehead atoms. The zero-order chi connectivity index (χ0) is 23.5. The van der Waals surface area contributed by atoms with Gasteiger partial charge in [0.05, 0.1) is 31.2 Å². The predicted molar refractivity (Wildman–Crippen MR) is 119 cm³/mol. The van der Waals surface area contributed by atoms with Gasteiger partial charge in [0.2, 0.25) is 0 Å². The van der Waals surface area contributed by atoms with Gasteiger partial charge in [-0.2, -0.15) is 10.5 Å². The van der Waals surface area contributed by atoms with E-state index >= 15 is 0 Å². The van der Waals surface area contributed by atoms with Gasteiger partial charge in [-0.25, -0.2) is 9.59 Å². The van der Waals surface area contributed by atoms with Crippen LogP contribution in [0.5, 0.6) is 5.75 Å². The topological polar surface area (TPSA) is 136 Å². The lowest BCUT2D eigenvalue weighted by atomic mass is 10.1. The summed E-state index contributed by atoms with van der Waals surface area (Å²) in [5.74, 6) is 0.360. The fourth-order valence-electron chi connectivity index (χ4n) is 2.86. The van der Waals surface area contributed by atoms with E-state index in [9.17, 15) is 9.59 Å². The van der Waals surface area contributed by atoms with Crippen molar-refractivity contribution in [3.63, 3.8) is 0 Å². The van der Waals surface area contributed by atoms with Gasteiger partial charge >= 0.3 is 12.1 Å². The number of carbonyl (C=O) groups excluding carboxylic acids is 2. The summed E-state index contributed by atoms with van der Waals surface area (Å²) in [6.45, 7) is 3.63. The number of hydrogen-bond donors (Lipinski definition) is 3. The van der Waals surface area contributed by atoms with Crippen LogP contribution in [0.25, 0.3) is 0 Å². The van der Waals surface area contributed by atoms with Gasteiger partial charge in [-0.05, 0) is 43.2 Å². The maximum Gasteiger partial charge on any atom is 0.407 e. The first-order valence-corrected chi connectivity index (χ1v) is 10.00. The summed E-state index contributed by atoms with van der Waals surface area (Å²) in [7, 11) is 1.45. The minimum Gasteiger partial charge on any atom is -0.495 e. The average Bonchev–Trinajstić information content (AvgIpc) is 2.78. The van der Waals surface area contributed by atoms with Crippen molar-refractivity contribution >= 4 is 23.5 Å². The number of urea groups is 1. The molecule has 166 valence electrons. The Kier molecular flexibility index (Phi) is 8.88. The number of benzene rings is 2. The second-order valence-electron chi connectivity index (χ2n) is 6.90. The molecule has 2 atom stereocenters. The molecule has 9 heteroatoms. The average molecular weight is 435 g/mol. The molecule has 2 aromatic carbocycles. The SMILES string of the molecule is CC[C@H](CC#N)OC(=O)NC(C)c1cccc(NC(=O)Nc2ccc(C#N)c(OC)c2)c1. The lowest BCUT2D eigenvalue weighted by molar-refractivity contribution is 0.0950. The molecule has 0 spiro atoms. The molecule has 0 aromatic heterocycles. The van der Waals surface area contributed by atoms with Gasteiger partial charge in [0.25, 0.3) is 0 Å². The Balaban J connectivity index is 1.99. The van der Waals surface area contributed by atoms with Crippen LogP contribution in [-0.4, -0.2) is 25.3 Å². The summed E-state index contributed by atoms with van der Waals surface area (Å²) in [6, 6.07) is 14.9. The van der Waals surface area contributed by atoms with Crippen molar-refractivity contribution in [2.24, 2.45) is 0 Å². The van der Waals surface area contributed by atoms with Crippen LogP contribution in [0.3, 0.4) is 0 Å². The molecule has 2 rings (SSSR count). The van der Waals surface area contributed by atoms with Gasteiger partial charge < -0.3 is 25.4 Å². The van der Waals surface area contributed by atoms with Gasteiger partial charge in [0, 0.05) is 17.4 Å². The predicted octanol–water partition coefficient (Wildman–Crippen LogP) is 4.69. The maximum atomic E-state index is 12.4. The van der Waals surface area contributed by atoms with Crippen molar-refractivity contribution in [3.05, 3.63) is 53.6 Å². The number of nitrogens with one attached hydrogen (secondary N) is 3. The normalized spacial score (nSPS) is 11.8. The molecule has 3 N–H and O–H groups in total. The molecular weight excluding hydrogens is 410 g/mol. The van der Waals surface area contributed by atoms with Gasteiger partial charge in [-0.15, -0.1) is 0 Å². The Hall–Kier alpha value is -4.24. The summed E-state index contributed by atoms with van der Waals surface area (Å²) in [5.41, 5.74) is 2.12. The van der Waals surface area contributed by atoms with Crippen LogP contribution in [0.1, 0.15) is 43.9 Å². The smallest absolute Gasteiger partial charge is 0.407 e. The zero-order valence-electron chi connectivity index (χ0n) is 18.1. The Bertz CT molecular complexity index is 1040. The lowest BCUT2D eigenvalue weighted by Crippen LogP contribution is -2.31. The number of ether oxygens (including phenoxy) is 2. The molecule has 1 unspecified atom stereocenters. The van der Waals surface area contributed by atoms with Crippen LogP contribution < -0.4 is 20.7 Å². The number of amides is 3. The Morgan fingerprint density at radius 3 is 2.44 bits per heavy atom. The largest absolute Gasteiger partial charge is 0.495 e. The first-order chi connectivity index (χ1) is 15.4. The number of nitriles is 2. The standard InChI is InChI=1S/C23H25N5O4/c1-4-20(10-11-24)32-23(30)26-15(2)16-6-5-7-18(12-16)27-22(29)28-19-9-8-17(14-25)21(13-19)31-3/h5-9,12-13,15,20H,4,10H2,1-3H3,(H,26,30)(H2,27,28,29)/t15?,20-/m1/s1. The number of anilines is 2. The minimum atomic E-state index is -0.606.